The van der Waals surface area contributed by atoms with Gasteiger partial charge in [-0.25, -0.2) is 0 Å². The second-order valence-corrected chi connectivity index (χ2v) is 2.03. The lowest BCUT2D eigenvalue weighted by atomic mass is 10.3. The minimum Gasteiger partial charge on any atom is -0.508 e. The van der Waals surface area contributed by atoms with E-state index in [0.29, 0.717) is 6.54 Å². The Balaban J connectivity index is 0.000000261. The number of hydrogen-bond acceptors (Lipinski definition) is 4. The molecule has 12 heavy (non-hydrogen) atoms. The van der Waals surface area contributed by atoms with E-state index in [1.165, 1.54) is 24.3 Å². The van der Waals surface area contributed by atoms with Crippen LogP contribution < -0.4 is 5.73 Å². The minimum absolute atomic E-state index is 0.0972. The standard InChI is InChI=1S/C6H6O2.C2H7NO/c7-5-1-2-6(8)4-3-5;3-1-2-4/h1-4,7-8H;4H,1-3H2. The van der Waals surface area contributed by atoms with Crippen molar-refractivity contribution in [3.05, 3.63) is 24.3 Å². The van der Waals surface area contributed by atoms with Crippen molar-refractivity contribution in [2.75, 3.05) is 13.2 Å². The van der Waals surface area contributed by atoms with Crippen molar-refractivity contribution in [3.8, 4) is 11.5 Å². The molecule has 4 heteroatoms. The molecule has 0 aliphatic rings. The zero-order chi connectivity index (χ0) is 9.40. The molecular formula is C8H13NO3. The van der Waals surface area contributed by atoms with Crippen LogP contribution in [0.5, 0.6) is 11.5 Å². The van der Waals surface area contributed by atoms with E-state index in [-0.39, 0.29) is 18.1 Å². The van der Waals surface area contributed by atoms with Gasteiger partial charge >= 0.3 is 0 Å². The van der Waals surface area contributed by atoms with E-state index in [2.05, 4.69) is 0 Å². The monoisotopic (exact) mass is 171 g/mol. The maximum absolute atomic E-state index is 8.65. The highest BCUT2D eigenvalue weighted by Gasteiger charge is 1.84. The first-order valence-electron chi connectivity index (χ1n) is 3.49. The number of aliphatic hydroxyl groups excluding tert-OH is 1. The van der Waals surface area contributed by atoms with Gasteiger partial charge in [0, 0.05) is 6.54 Å². The van der Waals surface area contributed by atoms with Gasteiger partial charge in [-0.05, 0) is 24.3 Å². The maximum Gasteiger partial charge on any atom is 0.115 e. The highest BCUT2D eigenvalue weighted by molar-refractivity contribution is 5.28. The van der Waals surface area contributed by atoms with Gasteiger partial charge < -0.3 is 21.1 Å². The molecule has 0 unspecified atom stereocenters. The Hall–Kier alpha value is -1.26. The van der Waals surface area contributed by atoms with Crippen molar-refractivity contribution in [2.24, 2.45) is 5.73 Å². The van der Waals surface area contributed by atoms with Crippen LogP contribution in [-0.4, -0.2) is 28.5 Å². The van der Waals surface area contributed by atoms with E-state index in [1.54, 1.807) is 0 Å². The summed E-state index contributed by atoms with van der Waals surface area (Å²) in [5, 5.41) is 25.0. The second kappa shape index (κ2) is 6.45. The van der Waals surface area contributed by atoms with Gasteiger partial charge in [-0.3, -0.25) is 0 Å². The van der Waals surface area contributed by atoms with Gasteiger partial charge in [-0.1, -0.05) is 0 Å². The molecule has 0 spiro atoms. The van der Waals surface area contributed by atoms with Gasteiger partial charge in [0.15, 0.2) is 0 Å². The molecule has 0 atom stereocenters. The molecule has 0 fully saturated rings. The van der Waals surface area contributed by atoms with Crippen molar-refractivity contribution in [1.82, 2.24) is 0 Å². The predicted molar refractivity (Wildman–Crippen MR) is 45.9 cm³/mol. The van der Waals surface area contributed by atoms with Crippen LogP contribution in [0.4, 0.5) is 0 Å². The number of phenolic OH excluding ortho intramolecular Hbond substituents is 2. The second-order valence-electron chi connectivity index (χ2n) is 2.03. The van der Waals surface area contributed by atoms with E-state index < -0.39 is 0 Å². The number of phenols is 2. The molecule has 0 bridgehead atoms. The molecule has 1 aromatic carbocycles. The molecule has 0 saturated heterocycles. The van der Waals surface area contributed by atoms with E-state index in [0.717, 1.165) is 0 Å². The Morgan fingerprint density at radius 2 is 1.25 bits per heavy atom. The third-order valence-electron chi connectivity index (χ3n) is 0.979. The lowest BCUT2D eigenvalue weighted by Gasteiger charge is -1.88. The molecule has 1 rings (SSSR count). The zero-order valence-corrected chi connectivity index (χ0v) is 6.64. The molecule has 0 radical (unpaired) electrons. The number of benzene rings is 1. The summed E-state index contributed by atoms with van der Waals surface area (Å²) in [7, 11) is 0. The largest absolute Gasteiger partial charge is 0.508 e. The van der Waals surface area contributed by atoms with E-state index >= 15 is 0 Å². The summed E-state index contributed by atoms with van der Waals surface area (Å²) in [6.07, 6.45) is 0. The molecule has 0 amide bonds. The first-order chi connectivity index (χ1) is 5.70. The predicted octanol–water partition coefficient (Wildman–Crippen LogP) is 0.0352. The van der Waals surface area contributed by atoms with E-state index in [9.17, 15) is 0 Å². The Morgan fingerprint density at radius 1 is 1.00 bits per heavy atom. The average molecular weight is 171 g/mol. The Kier molecular flexibility index (Phi) is 5.77. The summed E-state index contributed by atoms with van der Waals surface area (Å²) in [5.41, 5.74) is 4.78. The first-order valence-corrected chi connectivity index (χ1v) is 3.49. The highest BCUT2D eigenvalue weighted by Crippen LogP contribution is 2.13. The molecule has 4 nitrogen and oxygen atoms in total. The van der Waals surface area contributed by atoms with Crippen LogP contribution in [0.25, 0.3) is 0 Å². The van der Waals surface area contributed by atoms with Gasteiger partial charge in [0.25, 0.3) is 0 Å². The number of hydrogen-bond donors (Lipinski definition) is 4. The quantitative estimate of drug-likeness (QED) is 0.449. The fourth-order valence-corrected chi connectivity index (χ4v) is 0.453. The van der Waals surface area contributed by atoms with Gasteiger partial charge in [0.2, 0.25) is 0 Å². The van der Waals surface area contributed by atoms with Crippen LogP contribution in [0.15, 0.2) is 24.3 Å². The van der Waals surface area contributed by atoms with Crippen molar-refractivity contribution >= 4 is 0 Å². The third-order valence-corrected chi connectivity index (χ3v) is 0.979. The molecule has 68 valence electrons. The van der Waals surface area contributed by atoms with Crippen molar-refractivity contribution in [1.29, 1.82) is 0 Å². The fourth-order valence-electron chi connectivity index (χ4n) is 0.453. The van der Waals surface area contributed by atoms with Gasteiger partial charge in [0.1, 0.15) is 11.5 Å². The molecule has 1 aromatic rings. The lowest BCUT2D eigenvalue weighted by molar-refractivity contribution is 0.306. The number of rotatable bonds is 1. The molecule has 0 aliphatic carbocycles. The zero-order valence-electron chi connectivity index (χ0n) is 6.64. The van der Waals surface area contributed by atoms with Crippen molar-refractivity contribution in [3.63, 3.8) is 0 Å². The van der Waals surface area contributed by atoms with Crippen LogP contribution in [0, 0.1) is 0 Å². The first kappa shape index (κ1) is 10.7. The SMILES string of the molecule is NCCO.Oc1ccc(O)cc1. The van der Waals surface area contributed by atoms with Gasteiger partial charge in [-0.2, -0.15) is 0 Å². The molecule has 0 aliphatic heterocycles. The number of aliphatic hydroxyl groups is 1. The molecule has 5 N–H and O–H groups in total. The average Bonchev–Trinajstić information content (AvgIpc) is 2.11. The van der Waals surface area contributed by atoms with Crippen LogP contribution in [0.2, 0.25) is 0 Å². The lowest BCUT2D eigenvalue weighted by Crippen LogP contribution is -2.02. The minimum atomic E-state index is 0.0972. The van der Waals surface area contributed by atoms with Crippen molar-refractivity contribution in [2.45, 2.75) is 0 Å². The summed E-state index contributed by atoms with van der Waals surface area (Å²) < 4.78 is 0. The highest BCUT2D eigenvalue weighted by atomic mass is 16.3. The Morgan fingerprint density at radius 3 is 1.42 bits per heavy atom. The topological polar surface area (TPSA) is 86.7 Å². The van der Waals surface area contributed by atoms with Crippen molar-refractivity contribution < 1.29 is 15.3 Å². The van der Waals surface area contributed by atoms with Gasteiger partial charge in [0.05, 0.1) is 6.61 Å². The summed E-state index contributed by atoms with van der Waals surface area (Å²) in [6.45, 7) is 0.472. The van der Waals surface area contributed by atoms with Crippen LogP contribution in [0.1, 0.15) is 0 Å². The molecule has 0 saturated carbocycles. The molecular weight excluding hydrogens is 158 g/mol. The Bertz CT molecular complexity index is 175. The summed E-state index contributed by atoms with van der Waals surface area (Å²) in [6, 6.07) is 5.70. The summed E-state index contributed by atoms with van der Waals surface area (Å²) in [4.78, 5) is 0. The number of aromatic hydroxyl groups is 2. The third kappa shape index (κ3) is 5.52. The normalized spacial score (nSPS) is 8.50. The number of nitrogens with two attached hydrogens (primary N) is 1. The summed E-state index contributed by atoms with van der Waals surface area (Å²) in [5.74, 6) is 0.339. The van der Waals surface area contributed by atoms with E-state index in [1.807, 2.05) is 0 Å². The van der Waals surface area contributed by atoms with E-state index in [4.69, 9.17) is 21.1 Å². The summed E-state index contributed by atoms with van der Waals surface area (Å²) >= 11 is 0. The van der Waals surface area contributed by atoms with Gasteiger partial charge in [-0.15, -0.1) is 0 Å². The van der Waals surface area contributed by atoms with Crippen LogP contribution >= 0.6 is 0 Å². The fraction of sp³-hybridized carbons (Fsp3) is 0.250. The van der Waals surface area contributed by atoms with Crippen LogP contribution in [0.3, 0.4) is 0 Å². The Labute approximate surface area is 70.9 Å². The smallest absolute Gasteiger partial charge is 0.115 e. The molecule has 0 heterocycles. The maximum atomic E-state index is 8.65. The van der Waals surface area contributed by atoms with Crippen LogP contribution in [-0.2, 0) is 0 Å². The molecule has 0 aromatic heterocycles.